The third-order valence-corrected chi connectivity index (χ3v) is 5.33. The van der Waals surface area contributed by atoms with Crippen molar-refractivity contribution in [2.75, 3.05) is 11.9 Å². The van der Waals surface area contributed by atoms with Gasteiger partial charge in [0.05, 0.1) is 17.9 Å². The van der Waals surface area contributed by atoms with Gasteiger partial charge in [-0.3, -0.25) is 14.4 Å². The molecular weight excluding hydrogens is 500 g/mol. The van der Waals surface area contributed by atoms with E-state index in [-0.39, 0.29) is 18.6 Å². The van der Waals surface area contributed by atoms with Crippen molar-refractivity contribution >= 4 is 45.6 Å². The van der Waals surface area contributed by atoms with Crippen LogP contribution in [0, 0.1) is 0 Å². The van der Waals surface area contributed by atoms with Gasteiger partial charge in [-0.25, -0.2) is 5.43 Å². The molecule has 0 saturated carbocycles. The van der Waals surface area contributed by atoms with Crippen LogP contribution in [0.3, 0.4) is 0 Å². The van der Waals surface area contributed by atoms with Crippen molar-refractivity contribution in [2.24, 2.45) is 5.10 Å². The zero-order chi connectivity index (χ0) is 24.3. The number of amides is 3. The molecule has 3 amide bonds. The fraction of sp³-hybridized carbons (Fsp3) is 0.120. The molecule has 0 unspecified atom stereocenters. The summed E-state index contributed by atoms with van der Waals surface area (Å²) < 4.78 is 6.17. The lowest BCUT2D eigenvalue weighted by atomic mass is 10.1. The molecule has 0 aliphatic carbocycles. The molecule has 0 fully saturated rings. The first-order chi connectivity index (χ1) is 16.4. The third-order valence-electron chi connectivity index (χ3n) is 4.64. The number of hydrogen-bond acceptors (Lipinski definition) is 5. The lowest BCUT2D eigenvalue weighted by molar-refractivity contribution is -0.136. The maximum absolute atomic E-state index is 12.1. The topological polar surface area (TPSA) is 109 Å². The number of ether oxygens (including phenoxy) is 1. The standard InChI is InChI=1S/C25H23BrN4O4/c1-17(19-7-3-2-4-8-19)28-23(31)16-34-20-13-11-18(12-14-20)15-27-30-25(33)24(32)29-22-10-6-5-9-21(22)26/h2-15,17H,16H2,1H3,(H,28,31)(H,29,32)(H,30,33)/t17-/m1/s1. The summed E-state index contributed by atoms with van der Waals surface area (Å²) in [7, 11) is 0. The summed E-state index contributed by atoms with van der Waals surface area (Å²) in [5.74, 6) is -1.46. The van der Waals surface area contributed by atoms with Crippen molar-refractivity contribution in [1.29, 1.82) is 0 Å². The van der Waals surface area contributed by atoms with Gasteiger partial charge in [0.2, 0.25) is 0 Å². The van der Waals surface area contributed by atoms with E-state index in [1.54, 1.807) is 48.5 Å². The van der Waals surface area contributed by atoms with Crippen LogP contribution in [0.2, 0.25) is 0 Å². The van der Waals surface area contributed by atoms with Crippen LogP contribution in [-0.4, -0.2) is 30.5 Å². The number of rotatable bonds is 8. The number of benzene rings is 3. The summed E-state index contributed by atoms with van der Waals surface area (Å²) >= 11 is 3.29. The van der Waals surface area contributed by atoms with Crippen molar-refractivity contribution in [3.63, 3.8) is 0 Å². The molecule has 0 radical (unpaired) electrons. The highest BCUT2D eigenvalue weighted by Crippen LogP contribution is 2.20. The van der Waals surface area contributed by atoms with Gasteiger partial charge in [0.25, 0.3) is 5.91 Å². The molecule has 34 heavy (non-hydrogen) atoms. The molecule has 0 spiro atoms. The zero-order valence-corrected chi connectivity index (χ0v) is 19.9. The lowest BCUT2D eigenvalue weighted by Crippen LogP contribution is -2.32. The molecule has 0 bridgehead atoms. The minimum absolute atomic E-state index is 0.118. The quantitative estimate of drug-likeness (QED) is 0.237. The maximum atomic E-state index is 12.1. The first kappa shape index (κ1) is 24.7. The molecule has 1 atom stereocenters. The van der Waals surface area contributed by atoms with Crippen LogP contribution >= 0.6 is 15.9 Å². The van der Waals surface area contributed by atoms with E-state index in [0.29, 0.717) is 21.5 Å². The molecule has 3 rings (SSSR count). The van der Waals surface area contributed by atoms with Gasteiger partial charge < -0.3 is 15.4 Å². The number of para-hydroxylation sites is 1. The SMILES string of the molecule is C[C@@H](NC(=O)COc1ccc(C=NNC(=O)C(=O)Nc2ccccc2Br)cc1)c1ccccc1. The summed E-state index contributed by atoms with van der Waals surface area (Å²) in [6, 6.07) is 23.2. The van der Waals surface area contributed by atoms with E-state index in [0.717, 1.165) is 5.56 Å². The van der Waals surface area contributed by atoms with E-state index < -0.39 is 11.8 Å². The highest BCUT2D eigenvalue weighted by Gasteiger charge is 2.14. The maximum Gasteiger partial charge on any atom is 0.329 e. The Morgan fingerprint density at radius 3 is 2.32 bits per heavy atom. The van der Waals surface area contributed by atoms with E-state index in [2.05, 4.69) is 37.1 Å². The van der Waals surface area contributed by atoms with E-state index in [9.17, 15) is 14.4 Å². The van der Waals surface area contributed by atoms with Gasteiger partial charge in [0, 0.05) is 4.47 Å². The predicted molar refractivity (Wildman–Crippen MR) is 133 cm³/mol. The van der Waals surface area contributed by atoms with Crippen LogP contribution in [-0.2, 0) is 14.4 Å². The fourth-order valence-corrected chi connectivity index (χ4v) is 3.25. The van der Waals surface area contributed by atoms with Crippen molar-refractivity contribution in [1.82, 2.24) is 10.7 Å². The van der Waals surface area contributed by atoms with E-state index in [4.69, 9.17) is 4.74 Å². The number of nitrogens with one attached hydrogen (secondary N) is 3. The summed E-state index contributed by atoms with van der Waals surface area (Å²) in [5.41, 5.74) is 4.33. The Morgan fingerprint density at radius 1 is 0.941 bits per heavy atom. The van der Waals surface area contributed by atoms with Crippen LogP contribution in [0.25, 0.3) is 0 Å². The fourth-order valence-electron chi connectivity index (χ4n) is 2.87. The predicted octanol–water partition coefficient (Wildman–Crippen LogP) is 3.79. The van der Waals surface area contributed by atoms with Crippen molar-refractivity contribution in [3.8, 4) is 5.75 Å². The average molecular weight is 523 g/mol. The van der Waals surface area contributed by atoms with Crippen molar-refractivity contribution in [3.05, 3.63) is 94.5 Å². The molecule has 0 aliphatic rings. The Bertz CT molecular complexity index is 1170. The van der Waals surface area contributed by atoms with E-state index in [1.807, 2.05) is 37.3 Å². The molecule has 0 aliphatic heterocycles. The number of carbonyl (C=O) groups excluding carboxylic acids is 3. The van der Waals surface area contributed by atoms with Crippen LogP contribution in [0.15, 0.2) is 88.4 Å². The van der Waals surface area contributed by atoms with Gasteiger partial charge in [-0.1, -0.05) is 42.5 Å². The number of nitrogens with zero attached hydrogens (tertiary/aromatic N) is 1. The molecule has 0 aromatic heterocycles. The molecule has 9 heteroatoms. The largest absolute Gasteiger partial charge is 0.484 e. The Hall–Kier alpha value is -3.98. The molecule has 3 aromatic carbocycles. The molecule has 0 heterocycles. The molecule has 8 nitrogen and oxygen atoms in total. The van der Waals surface area contributed by atoms with Gasteiger partial charge in [0.1, 0.15) is 5.75 Å². The van der Waals surface area contributed by atoms with Crippen molar-refractivity contribution < 1.29 is 19.1 Å². The molecule has 0 saturated heterocycles. The first-order valence-electron chi connectivity index (χ1n) is 10.4. The Balaban J connectivity index is 1.42. The summed E-state index contributed by atoms with van der Waals surface area (Å²) in [5, 5.41) is 9.16. The summed E-state index contributed by atoms with van der Waals surface area (Å²) in [4.78, 5) is 36.0. The smallest absolute Gasteiger partial charge is 0.329 e. The first-order valence-corrected chi connectivity index (χ1v) is 11.2. The average Bonchev–Trinajstić information content (AvgIpc) is 2.85. The molecule has 3 aromatic rings. The number of hydrazone groups is 1. The monoisotopic (exact) mass is 522 g/mol. The van der Waals surface area contributed by atoms with Crippen LogP contribution in [0.4, 0.5) is 5.69 Å². The number of hydrogen-bond donors (Lipinski definition) is 3. The van der Waals surface area contributed by atoms with Crippen molar-refractivity contribution in [2.45, 2.75) is 13.0 Å². The highest BCUT2D eigenvalue weighted by molar-refractivity contribution is 9.10. The highest BCUT2D eigenvalue weighted by atomic mass is 79.9. The molecule has 174 valence electrons. The summed E-state index contributed by atoms with van der Waals surface area (Å²) in [6.07, 6.45) is 1.39. The third kappa shape index (κ3) is 7.56. The molecular formula is C25H23BrN4O4. The van der Waals surface area contributed by atoms with Crippen LogP contribution in [0.5, 0.6) is 5.75 Å². The Labute approximate surface area is 205 Å². The van der Waals surface area contributed by atoms with Gasteiger partial charge in [-0.2, -0.15) is 5.10 Å². The van der Waals surface area contributed by atoms with E-state index in [1.165, 1.54) is 6.21 Å². The van der Waals surface area contributed by atoms with Crippen LogP contribution in [0.1, 0.15) is 24.1 Å². The second-order valence-corrected chi connectivity index (χ2v) is 8.05. The van der Waals surface area contributed by atoms with Gasteiger partial charge in [0.15, 0.2) is 6.61 Å². The number of carbonyl (C=O) groups is 3. The number of halogens is 1. The zero-order valence-electron chi connectivity index (χ0n) is 18.3. The molecule has 3 N–H and O–H groups in total. The Kier molecular flexibility index (Phi) is 8.93. The van der Waals surface area contributed by atoms with Gasteiger partial charge in [-0.15, -0.1) is 0 Å². The second kappa shape index (κ2) is 12.3. The lowest BCUT2D eigenvalue weighted by Gasteiger charge is -2.14. The number of anilines is 1. The normalized spacial score (nSPS) is 11.5. The minimum atomic E-state index is -0.900. The Morgan fingerprint density at radius 2 is 1.62 bits per heavy atom. The van der Waals surface area contributed by atoms with E-state index >= 15 is 0 Å². The van der Waals surface area contributed by atoms with Gasteiger partial charge in [-0.05, 0) is 70.4 Å². The summed E-state index contributed by atoms with van der Waals surface area (Å²) in [6.45, 7) is 1.79. The second-order valence-electron chi connectivity index (χ2n) is 7.19. The van der Waals surface area contributed by atoms with Gasteiger partial charge >= 0.3 is 11.8 Å². The van der Waals surface area contributed by atoms with Crippen LogP contribution < -0.4 is 20.8 Å². The minimum Gasteiger partial charge on any atom is -0.484 e.